The zero-order valence-corrected chi connectivity index (χ0v) is 6.88. The largest absolute Gasteiger partial charge is 0.446 e. The van der Waals surface area contributed by atoms with Crippen molar-refractivity contribution < 1.29 is 9.53 Å². The normalized spacial score (nSPS) is 21.5. The summed E-state index contributed by atoms with van der Waals surface area (Å²) in [7, 11) is 0. The third kappa shape index (κ3) is 2.41. The molecule has 1 aliphatic carbocycles. The van der Waals surface area contributed by atoms with Crippen LogP contribution in [0.2, 0.25) is 0 Å². The van der Waals surface area contributed by atoms with Crippen molar-refractivity contribution in [2.75, 3.05) is 0 Å². The molecule has 0 aromatic carbocycles. The molecule has 64 valence electrons. The summed E-state index contributed by atoms with van der Waals surface area (Å²) >= 11 is 0. The van der Waals surface area contributed by atoms with Gasteiger partial charge in [0.05, 0.1) is 0 Å². The van der Waals surface area contributed by atoms with Gasteiger partial charge in [0.15, 0.2) is 0 Å². The first-order chi connectivity index (χ1) is 5.20. The zero-order valence-electron chi connectivity index (χ0n) is 6.88. The predicted octanol–water partition coefficient (Wildman–Crippen LogP) is 1.66. The van der Waals surface area contributed by atoms with Crippen LogP contribution >= 0.6 is 0 Å². The maximum absolute atomic E-state index is 10.4. The monoisotopic (exact) mass is 157 g/mol. The van der Waals surface area contributed by atoms with Gasteiger partial charge >= 0.3 is 6.09 Å². The van der Waals surface area contributed by atoms with Crippen molar-refractivity contribution in [3.8, 4) is 0 Å². The Kier molecular flexibility index (Phi) is 2.74. The van der Waals surface area contributed by atoms with Gasteiger partial charge in [0.25, 0.3) is 0 Å². The second-order valence-corrected chi connectivity index (χ2v) is 3.19. The van der Waals surface area contributed by atoms with E-state index in [2.05, 4.69) is 0 Å². The second-order valence-electron chi connectivity index (χ2n) is 3.19. The fraction of sp³-hybridized carbons (Fsp3) is 0.875. The highest BCUT2D eigenvalue weighted by atomic mass is 16.6. The second kappa shape index (κ2) is 3.60. The fourth-order valence-electron chi connectivity index (χ4n) is 1.71. The van der Waals surface area contributed by atoms with Gasteiger partial charge in [0.2, 0.25) is 0 Å². The summed E-state index contributed by atoms with van der Waals surface area (Å²) in [5.74, 6) is 0.544. The Labute approximate surface area is 66.9 Å². The molecule has 1 unspecified atom stereocenters. The molecule has 11 heavy (non-hydrogen) atoms. The van der Waals surface area contributed by atoms with Gasteiger partial charge < -0.3 is 10.5 Å². The van der Waals surface area contributed by atoms with E-state index in [1.807, 2.05) is 6.92 Å². The van der Waals surface area contributed by atoms with Gasteiger partial charge in [-0.1, -0.05) is 12.8 Å². The lowest BCUT2D eigenvalue weighted by atomic mass is 10.0. The molecule has 3 heteroatoms. The molecule has 2 N–H and O–H groups in total. The molecule has 0 aliphatic heterocycles. The summed E-state index contributed by atoms with van der Waals surface area (Å²) in [5, 5.41) is 0. The van der Waals surface area contributed by atoms with Gasteiger partial charge in [-0.15, -0.1) is 0 Å². The maximum Gasteiger partial charge on any atom is 0.404 e. The molecule has 0 saturated heterocycles. The molecule has 0 aromatic heterocycles. The topological polar surface area (TPSA) is 52.3 Å². The van der Waals surface area contributed by atoms with Gasteiger partial charge in [0, 0.05) is 0 Å². The van der Waals surface area contributed by atoms with Crippen molar-refractivity contribution in [3.63, 3.8) is 0 Å². The minimum Gasteiger partial charge on any atom is -0.446 e. The van der Waals surface area contributed by atoms with E-state index in [1.165, 1.54) is 25.7 Å². The smallest absolute Gasteiger partial charge is 0.404 e. The molecule has 1 aliphatic rings. The Bertz CT molecular complexity index is 141. The molecule has 0 radical (unpaired) electrons. The van der Waals surface area contributed by atoms with E-state index in [0.717, 1.165) is 0 Å². The molecule has 0 aromatic rings. The van der Waals surface area contributed by atoms with Crippen molar-refractivity contribution in [1.29, 1.82) is 0 Å². The zero-order chi connectivity index (χ0) is 8.27. The molecule has 0 spiro atoms. The van der Waals surface area contributed by atoms with Gasteiger partial charge in [-0.2, -0.15) is 0 Å². The highest BCUT2D eigenvalue weighted by molar-refractivity contribution is 5.64. The number of carbonyl (C=O) groups is 1. The number of hydrogen-bond donors (Lipinski definition) is 1. The van der Waals surface area contributed by atoms with E-state index in [-0.39, 0.29) is 6.10 Å². The fourth-order valence-corrected chi connectivity index (χ4v) is 1.71. The highest BCUT2D eigenvalue weighted by Crippen LogP contribution is 2.28. The summed E-state index contributed by atoms with van der Waals surface area (Å²) in [6, 6.07) is 0. The molecule has 1 atom stereocenters. The molecule has 1 saturated carbocycles. The van der Waals surface area contributed by atoms with Crippen molar-refractivity contribution >= 4 is 6.09 Å². The van der Waals surface area contributed by atoms with Crippen LogP contribution in [0.4, 0.5) is 4.79 Å². The van der Waals surface area contributed by atoms with E-state index in [1.54, 1.807) is 0 Å². The van der Waals surface area contributed by atoms with Gasteiger partial charge in [-0.3, -0.25) is 0 Å². The van der Waals surface area contributed by atoms with Crippen molar-refractivity contribution in [2.24, 2.45) is 11.7 Å². The Morgan fingerprint density at radius 2 is 2.09 bits per heavy atom. The summed E-state index contributed by atoms with van der Waals surface area (Å²) in [6.07, 6.45) is 4.23. The molecular formula is C8H15NO2. The molecule has 1 amide bonds. The van der Waals surface area contributed by atoms with Crippen LogP contribution in [0.5, 0.6) is 0 Å². The lowest BCUT2D eigenvalue weighted by Gasteiger charge is -2.17. The summed E-state index contributed by atoms with van der Waals surface area (Å²) in [6.45, 7) is 1.92. The number of nitrogens with two attached hydrogens (primary N) is 1. The van der Waals surface area contributed by atoms with E-state index in [0.29, 0.717) is 5.92 Å². The SMILES string of the molecule is CC(OC(N)=O)C1CCCC1. The minimum atomic E-state index is -0.649. The van der Waals surface area contributed by atoms with Crippen molar-refractivity contribution in [3.05, 3.63) is 0 Å². The summed E-state index contributed by atoms with van der Waals surface area (Å²) in [4.78, 5) is 10.4. The number of ether oxygens (including phenoxy) is 1. The molecular weight excluding hydrogens is 142 g/mol. The van der Waals surface area contributed by atoms with Crippen LogP contribution in [0, 0.1) is 5.92 Å². The van der Waals surface area contributed by atoms with Crippen LogP contribution in [0.3, 0.4) is 0 Å². The Morgan fingerprint density at radius 1 is 1.55 bits per heavy atom. The van der Waals surface area contributed by atoms with Crippen LogP contribution in [0.15, 0.2) is 0 Å². The third-order valence-electron chi connectivity index (χ3n) is 2.37. The average molecular weight is 157 g/mol. The van der Waals surface area contributed by atoms with Crippen LogP contribution < -0.4 is 5.73 Å². The van der Waals surface area contributed by atoms with Crippen molar-refractivity contribution in [1.82, 2.24) is 0 Å². The van der Waals surface area contributed by atoms with Crippen LogP contribution in [0.25, 0.3) is 0 Å². The lowest BCUT2D eigenvalue weighted by Crippen LogP contribution is -2.25. The van der Waals surface area contributed by atoms with E-state index >= 15 is 0 Å². The van der Waals surface area contributed by atoms with Crippen LogP contribution in [0.1, 0.15) is 32.6 Å². The Balaban J connectivity index is 2.28. The van der Waals surface area contributed by atoms with Crippen LogP contribution in [-0.4, -0.2) is 12.2 Å². The van der Waals surface area contributed by atoms with E-state index < -0.39 is 6.09 Å². The number of carbonyl (C=O) groups excluding carboxylic acids is 1. The summed E-state index contributed by atoms with van der Waals surface area (Å²) in [5.41, 5.74) is 4.90. The number of rotatable bonds is 2. The molecule has 1 rings (SSSR count). The molecule has 0 bridgehead atoms. The Hall–Kier alpha value is -0.730. The third-order valence-corrected chi connectivity index (χ3v) is 2.37. The highest BCUT2D eigenvalue weighted by Gasteiger charge is 2.23. The first-order valence-electron chi connectivity index (χ1n) is 4.16. The molecule has 0 heterocycles. The number of amides is 1. The maximum atomic E-state index is 10.4. The van der Waals surface area contributed by atoms with Crippen LogP contribution in [-0.2, 0) is 4.74 Å². The minimum absolute atomic E-state index is 0.00926. The van der Waals surface area contributed by atoms with Gasteiger partial charge in [-0.25, -0.2) is 4.79 Å². The standard InChI is InChI=1S/C8H15NO2/c1-6(11-8(9)10)7-4-2-3-5-7/h6-7H,2-5H2,1H3,(H2,9,10). The quantitative estimate of drug-likeness (QED) is 0.662. The Morgan fingerprint density at radius 3 is 2.55 bits per heavy atom. The van der Waals surface area contributed by atoms with Gasteiger partial charge in [0.1, 0.15) is 6.10 Å². The lowest BCUT2D eigenvalue weighted by molar-refractivity contribution is 0.0817. The average Bonchev–Trinajstić information content (AvgIpc) is 2.35. The molecule has 3 nitrogen and oxygen atoms in total. The predicted molar refractivity (Wildman–Crippen MR) is 42.1 cm³/mol. The van der Waals surface area contributed by atoms with Crippen molar-refractivity contribution in [2.45, 2.75) is 38.7 Å². The van der Waals surface area contributed by atoms with E-state index in [9.17, 15) is 4.79 Å². The first kappa shape index (κ1) is 8.37. The number of primary amides is 1. The van der Waals surface area contributed by atoms with Gasteiger partial charge in [-0.05, 0) is 25.7 Å². The number of hydrogen-bond acceptors (Lipinski definition) is 2. The van der Waals surface area contributed by atoms with E-state index in [4.69, 9.17) is 10.5 Å². The first-order valence-corrected chi connectivity index (χ1v) is 4.16. The summed E-state index contributed by atoms with van der Waals surface area (Å²) < 4.78 is 4.87. The molecule has 1 fully saturated rings.